The van der Waals surface area contributed by atoms with Crippen LogP contribution in [0.25, 0.3) is 75.1 Å². The van der Waals surface area contributed by atoms with Gasteiger partial charge in [0, 0.05) is 31.9 Å². The molecule has 2 heterocycles. The molecule has 230 valence electrons. The third-order valence-corrected chi connectivity index (χ3v) is 10.9. The highest BCUT2D eigenvalue weighted by Gasteiger charge is 2.24. The van der Waals surface area contributed by atoms with E-state index >= 15 is 0 Å². The molecule has 0 fully saturated rings. The Bertz CT molecular complexity index is 2830. The molecule has 0 atom stereocenters. The molecule has 0 amide bonds. The van der Waals surface area contributed by atoms with Crippen LogP contribution in [-0.4, -0.2) is 0 Å². The van der Waals surface area contributed by atoms with Gasteiger partial charge in [-0.3, -0.25) is 0 Å². The first-order chi connectivity index (χ1) is 24.3. The molecule has 10 rings (SSSR count). The lowest BCUT2D eigenvalue weighted by atomic mass is 9.98. The molecule has 0 aliphatic rings. The van der Waals surface area contributed by atoms with E-state index in [4.69, 9.17) is 4.42 Å². The smallest absolute Gasteiger partial charge is 0.160 e. The Balaban J connectivity index is 1.23. The molecule has 0 spiro atoms. The van der Waals surface area contributed by atoms with Gasteiger partial charge in [0.05, 0.1) is 16.1 Å². The third-order valence-electron chi connectivity index (χ3n) is 9.66. The van der Waals surface area contributed by atoms with Gasteiger partial charge in [0.25, 0.3) is 0 Å². The summed E-state index contributed by atoms with van der Waals surface area (Å²) in [4.78, 5) is 2.39. The van der Waals surface area contributed by atoms with Gasteiger partial charge < -0.3 is 9.32 Å². The highest BCUT2D eigenvalue weighted by Crippen LogP contribution is 2.49. The molecule has 0 bridgehead atoms. The summed E-state index contributed by atoms with van der Waals surface area (Å²) in [6.45, 7) is 0. The van der Waals surface area contributed by atoms with Crippen molar-refractivity contribution in [1.29, 1.82) is 0 Å². The summed E-state index contributed by atoms with van der Waals surface area (Å²) < 4.78 is 9.37. The quantitative estimate of drug-likeness (QED) is 0.186. The van der Waals surface area contributed by atoms with Gasteiger partial charge in [0.2, 0.25) is 0 Å². The Labute approximate surface area is 287 Å². The maximum absolute atomic E-state index is 6.84. The van der Waals surface area contributed by atoms with E-state index in [2.05, 4.69) is 175 Å². The van der Waals surface area contributed by atoms with Crippen molar-refractivity contribution in [2.24, 2.45) is 0 Å². The fourth-order valence-corrected chi connectivity index (χ4v) is 8.54. The summed E-state index contributed by atoms with van der Waals surface area (Å²) >= 11 is 1.85. The number of rotatable bonds is 5. The molecule has 0 N–H and O–H groups in total. The van der Waals surface area contributed by atoms with Crippen molar-refractivity contribution in [3.05, 3.63) is 176 Å². The van der Waals surface area contributed by atoms with Crippen molar-refractivity contribution < 1.29 is 4.42 Å². The van der Waals surface area contributed by atoms with Crippen LogP contribution in [0.4, 0.5) is 17.1 Å². The molecule has 0 radical (unpaired) electrons. The Kier molecular flexibility index (Phi) is 6.39. The maximum Gasteiger partial charge on any atom is 0.160 e. The van der Waals surface area contributed by atoms with E-state index in [0.29, 0.717) is 0 Å². The predicted molar refractivity (Wildman–Crippen MR) is 210 cm³/mol. The SMILES string of the molecule is c1ccc(-c2ccc(N(c3ccc(-c4ccc5ccccc5c4)cc3)c3cccc4c3sc3ccccc34)c3oc4ccccc4c23)cc1. The fourth-order valence-electron chi connectivity index (χ4n) is 7.34. The minimum Gasteiger partial charge on any atom is -0.454 e. The van der Waals surface area contributed by atoms with Gasteiger partial charge >= 0.3 is 0 Å². The molecular weight excluding hydrogens is 615 g/mol. The molecule has 0 saturated heterocycles. The molecule has 8 aromatic carbocycles. The number of hydrogen-bond donors (Lipinski definition) is 0. The van der Waals surface area contributed by atoms with Crippen molar-refractivity contribution in [3.8, 4) is 22.3 Å². The summed E-state index contributed by atoms with van der Waals surface area (Å²) in [5.41, 5.74) is 9.69. The van der Waals surface area contributed by atoms with Gasteiger partial charge in [0.1, 0.15) is 5.58 Å². The molecule has 3 heteroatoms. The van der Waals surface area contributed by atoms with E-state index in [9.17, 15) is 0 Å². The molecule has 0 aliphatic heterocycles. The summed E-state index contributed by atoms with van der Waals surface area (Å²) in [6.07, 6.45) is 0. The number of hydrogen-bond acceptors (Lipinski definition) is 3. The molecule has 10 aromatic rings. The zero-order valence-electron chi connectivity index (χ0n) is 26.5. The average molecular weight is 644 g/mol. The number of anilines is 3. The van der Waals surface area contributed by atoms with Crippen LogP contribution in [0.15, 0.2) is 180 Å². The maximum atomic E-state index is 6.84. The standard InChI is InChI=1S/C46H29NOS/c1-2-12-32(13-3-1)36-27-28-40(45-44(36)39-16-6-8-19-42(39)48-45)47(41-18-10-17-38-37-15-7-9-20-43(37)49-46(38)41)35-25-23-31(24-26-35)34-22-21-30-11-4-5-14-33(30)29-34/h1-29H. The second kappa shape index (κ2) is 11.2. The lowest BCUT2D eigenvalue weighted by Gasteiger charge is -2.27. The highest BCUT2D eigenvalue weighted by atomic mass is 32.1. The van der Waals surface area contributed by atoms with Gasteiger partial charge in [-0.2, -0.15) is 0 Å². The van der Waals surface area contributed by atoms with Crippen LogP contribution in [0.3, 0.4) is 0 Å². The molecule has 2 aromatic heterocycles. The van der Waals surface area contributed by atoms with E-state index in [-0.39, 0.29) is 0 Å². The monoisotopic (exact) mass is 643 g/mol. The minimum atomic E-state index is 0.874. The minimum absolute atomic E-state index is 0.874. The predicted octanol–water partition coefficient (Wildman–Crippen LogP) is 13.9. The lowest BCUT2D eigenvalue weighted by Crippen LogP contribution is -2.10. The van der Waals surface area contributed by atoms with Gasteiger partial charge in [-0.15, -0.1) is 11.3 Å². The van der Waals surface area contributed by atoms with E-state index < -0.39 is 0 Å². The molecule has 2 nitrogen and oxygen atoms in total. The van der Waals surface area contributed by atoms with Gasteiger partial charge in [-0.05, 0) is 75.5 Å². The van der Waals surface area contributed by atoms with Crippen molar-refractivity contribution in [2.75, 3.05) is 4.90 Å². The fraction of sp³-hybridized carbons (Fsp3) is 0. The highest BCUT2D eigenvalue weighted by molar-refractivity contribution is 7.26. The average Bonchev–Trinajstić information content (AvgIpc) is 3.75. The van der Waals surface area contributed by atoms with Crippen LogP contribution in [0.5, 0.6) is 0 Å². The van der Waals surface area contributed by atoms with Crippen molar-refractivity contribution in [2.45, 2.75) is 0 Å². The Morgan fingerprint density at radius 3 is 2.04 bits per heavy atom. The largest absolute Gasteiger partial charge is 0.454 e. The van der Waals surface area contributed by atoms with Crippen LogP contribution >= 0.6 is 11.3 Å². The zero-order chi connectivity index (χ0) is 32.3. The van der Waals surface area contributed by atoms with E-state index in [1.807, 2.05) is 17.4 Å². The summed E-state index contributed by atoms with van der Waals surface area (Å²) in [6, 6.07) is 63.1. The number of nitrogens with zero attached hydrogens (tertiary/aromatic N) is 1. The Morgan fingerprint density at radius 1 is 0.449 bits per heavy atom. The topological polar surface area (TPSA) is 16.4 Å². The molecule has 49 heavy (non-hydrogen) atoms. The summed E-state index contributed by atoms with van der Waals surface area (Å²) in [5, 5.41) is 7.28. The van der Waals surface area contributed by atoms with Crippen molar-refractivity contribution >= 4 is 81.3 Å². The number of furan rings is 1. The second-order valence-electron chi connectivity index (χ2n) is 12.5. The second-order valence-corrected chi connectivity index (χ2v) is 13.5. The summed E-state index contributed by atoms with van der Waals surface area (Å²) in [5.74, 6) is 0. The Morgan fingerprint density at radius 2 is 1.16 bits per heavy atom. The van der Waals surface area contributed by atoms with Gasteiger partial charge in [-0.1, -0.05) is 133 Å². The van der Waals surface area contributed by atoms with Gasteiger partial charge in [-0.25, -0.2) is 0 Å². The Hall–Kier alpha value is -6.16. The molecule has 0 aliphatic carbocycles. The third kappa shape index (κ3) is 4.55. The van der Waals surface area contributed by atoms with E-state index in [1.54, 1.807) is 0 Å². The van der Waals surface area contributed by atoms with Crippen LogP contribution in [0, 0.1) is 0 Å². The number of thiophene rings is 1. The zero-order valence-corrected chi connectivity index (χ0v) is 27.3. The first-order valence-corrected chi connectivity index (χ1v) is 17.4. The van der Waals surface area contributed by atoms with Crippen LogP contribution in [0.1, 0.15) is 0 Å². The normalized spacial score (nSPS) is 11.7. The lowest BCUT2D eigenvalue weighted by molar-refractivity contribution is 0.669. The number of benzene rings is 8. The number of fused-ring (bicyclic) bond motifs is 7. The molecular formula is C46H29NOS. The van der Waals surface area contributed by atoms with Crippen LogP contribution in [0.2, 0.25) is 0 Å². The first kappa shape index (κ1) is 27.9. The van der Waals surface area contributed by atoms with Crippen LogP contribution in [-0.2, 0) is 0 Å². The van der Waals surface area contributed by atoms with Crippen LogP contribution < -0.4 is 4.90 Å². The molecule has 0 saturated carbocycles. The summed E-state index contributed by atoms with van der Waals surface area (Å²) in [7, 11) is 0. The van der Waals surface area contributed by atoms with Gasteiger partial charge in [0.15, 0.2) is 5.58 Å². The number of para-hydroxylation sites is 1. The molecule has 0 unspecified atom stereocenters. The first-order valence-electron chi connectivity index (χ1n) is 16.6. The van der Waals surface area contributed by atoms with Crippen molar-refractivity contribution in [3.63, 3.8) is 0 Å². The van der Waals surface area contributed by atoms with E-state index in [0.717, 1.165) is 44.6 Å². The van der Waals surface area contributed by atoms with Crippen molar-refractivity contribution in [1.82, 2.24) is 0 Å². The van der Waals surface area contributed by atoms with E-state index in [1.165, 1.54) is 47.6 Å².